The number of rotatable bonds is 2. The molecule has 0 unspecified atom stereocenters. The molecule has 16 heavy (non-hydrogen) atoms. The molecular formula is C10H13Cl2N3O. The lowest BCUT2D eigenvalue weighted by molar-refractivity contribution is -0.0212. The molecule has 0 aliphatic carbocycles. The molecule has 6 heteroatoms. The maximum atomic E-state index is 5.99. The second-order valence-corrected chi connectivity index (χ2v) is 4.57. The van der Waals surface area contributed by atoms with E-state index >= 15 is 0 Å². The van der Waals surface area contributed by atoms with E-state index in [0.29, 0.717) is 5.15 Å². The van der Waals surface area contributed by atoms with Crippen molar-refractivity contribution >= 4 is 23.2 Å². The van der Waals surface area contributed by atoms with Crippen molar-refractivity contribution in [2.75, 3.05) is 19.7 Å². The van der Waals surface area contributed by atoms with Crippen molar-refractivity contribution in [3.63, 3.8) is 0 Å². The van der Waals surface area contributed by atoms with Gasteiger partial charge >= 0.3 is 0 Å². The zero-order valence-electron chi connectivity index (χ0n) is 8.99. The Hall–Kier alpha value is -0.420. The second kappa shape index (κ2) is 5.27. The van der Waals surface area contributed by atoms with Gasteiger partial charge in [0.05, 0.1) is 12.7 Å². The lowest BCUT2D eigenvalue weighted by Gasteiger charge is -2.31. The van der Waals surface area contributed by atoms with E-state index in [2.05, 4.69) is 21.8 Å². The normalized spacial score (nSPS) is 22.3. The van der Waals surface area contributed by atoms with Crippen molar-refractivity contribution in [3.8, 4) is 0 Å². The van der Waals surface area contributed by atoms with Gasteiger partial charge in [0.2, 0.25) is 5.28 Å². The standard InChI is InChI=1S/C10H13Cl2N3O/c1-7-5-15(2-3-16-7)6-8-4-13-10(12)14-9(8)11/h4,7H,2-3,5-6H2,1H3/t7-/m0/s1. The van der Waals surface area contributed by atoms with Crippen LogP contribution in [0, 0.1) is 0 Å². The first-order valence-corrected chi connectivity index (χ1v) is 5.91. The van der Waals surface area contributed by atoms with Gasteiger partial charge in [0, 0.05) is 31.4 Å². The van der Waals surface area contributed by atoms with Gasteiger partial charge in [-0.2, -0.15) is 0 Å². The molecule has 1 aromatic heterocycles. The van der Waals surface area contributed by atoms with E-state index in [-0.39, 0.29) is 11.4 Å². The maximum absolute atomic E-state index is 5.99. The maximum Gasteiger partial charge on any atom is 0.223 e. The first-order valence-electron chi connectivity index (χ1n) is 5.16. The van der Waals surface area contributed by atoms with Crippen molar-refractivity contribution < 1.29 is 4.74 Å². The number of aromatic nitrogens is 2. The molecule has 4 nitrogen and oxygen atoms in total. The third-order valence-electron chi connectivity index (χ3n) is 2.50. The minimum Gasteiger partial charge on any atom is -0.376 e. The van der Waals surface area contributed by atoms with Crippen molar-refractivity contribution in [3.05, 3.63) is 22.2 Å². The summed E-state index contributed by atoms with van der Waals surface area (Å²) in [6.07, 6.45) is 1.94. The van der Waals surface area contributed by atoms with Gasteiger partial charge in [-0.3, -0.25) is 4.90 Å². The Labute approximate surface area is 105 Å². The summed E-state index contributed by atoms with van der Waals surface area (Å²) in [6.45, 7) is 5.37. The fourth-order valence-corrected chi connectivity index (χ4v) is 2.11. The predicted molar refractivity (Wildman–Crippen MR) is 62.7 cm³/mol. The molecule has 2 rings (SSSR count). The van der Waals surface area contributed by atoms with Gasteiger partial charge in [-0.15, -0.1) is 0 Å². The molecule has 0 amide bonds. The molecule has 1 aliphatic heterocycles. The highest BCUT2D eigenvalue weighted by Gasteiger charge is 2.18. The third kappa shape index (κ3) is 3.04. The summed E-state index contributed by atoms with van der Waals surface area (Å²) in [4.78, 5) is 10.1. The number of hydrogen-bond acceptors (Lipinski definition) is 4. The van der Waals surface area contributed by atoms with Crippen molar-refractivity contribution in [1.29, 1.82) is 0 Å². The van der Waals surface area contributed by atoms with Crippen LogP contribution in [0.25, 0.3) is 0 Å². The Bertz CT molecular complexity index is 375. The number of halogens is 2. The van der Waals surface area contributed by atoms with Crippen molar-refractivity contribution in [2.45, 2.75) is 19.6 Å². The summed E-state index contributed by atoms with van der Waals surface area (Å²) in [6, 6.07) is 0. The van der Waals surface area contributed by atoms with E-state index < -0.39 is 0 Å². The molecular weight excluding hydrogens is 249 g/mol. The molecule has 88 valence electrons. The second-order valence-electron chi connectivity index (χ2n) is 3.87. The summed E-state index contributed by atoms with van der Waals surface area (Å²) in [5.74, 6) is 0. The van der Waals surface area contributed by atoms with E-state index in [1.54, 1.807) is 6.20 Å². The first kappa shape index (κ1) is 12.0. The van der Waals surface area contributed by atoms with Gasteiger partial charge in [-0.1, -0.05) is 11.6 Å². The highest BCUT2D eigenvalue weighted by Crippen LogP contribution is 2.17. The summed E-state index contributed by atoms with van der Waals surface area (Å²) in [5, 5.41) is 0.614. The summed E-state index contributed by atoms with van der Waals surface area (Å²) < 4.78 is 5.47. The van der Waals surface area contributed by atoms with Gasteiger partial charge in [-0.25, -0.2) is 9.97 Å². The Balaban J connectivity index is 2.02. The first-order chi connectivity index (χ1) is 7.65. The minimum absolute atomic E-state index is 0.184. The van der Waals surface area contributed by atoms with E-state index in [0.717, 1.165) is 31.8 Å². The number of hydrogen-bond donors (Lipinski definition) is 0. The van der Waals surface area contributed by atoms with Crippen LogP contribution in [0.1, 0.15) is 12.5 Å². The van der Waals surface area contributed by atoms with E-state index in [9.17, 15) is 0 Å². The molecule has 0 radical (unpaired) electrons. The molecule has 1 fully saturated rings. The smallest absolute Gasteiger partial charge is 0.223 e. The van der Waals surface area contributed by atoms with Crippen LogP contribution in [0.15, 0.2) is 6.20 Å². The Morgan fingerprint density at radius 1 is 1.56 bits per heavy atom. The van der Waals surface area contributed by atoms with Gasteiger partial charge < -0.3 is 4.74 Å². The summed E-state index contributed by atoms with van der Waals surface area (Å²) in [7, 11) is 0. The zero-order chi connectivity index (χ0) is 11.5. The van der Waals surface area contributed by atoms with Crippen LogP contribution < -0.4 is 0 Å². The van der Waals surface area contributed by atoms with Crippen molar-refractivity contribution in [1.82, 2.24) is 14.9 Å². The summed E-state index contributed by atoms with van der Waals surface area (Å²) in [5.41, 5.74) is 0.903. The lowest BCUT2D eigenvalue weighted by atomic mass is 10.2. The van der Waals surface area contributed by atoms with E-state index in [1.165, 1.54) is 0 Å². The van der Waals surface area contributed by atoms with Gasteiger partial charge in [0.25, 0.3) is 0 Å². The number of morpholine rings is 1. The highest BCUT2D eigenvalue weighted by molar-refractivity contribution is 6.32. The quantitative estimate of drug-likeness (QED) is 0.603. The monoisotopic (exact) mass is 261 g/mol. The average molecular weight is 262 g/mol. The third-order valence-corrected chi connectivity index (χ3v) is 3.01. The number of ether oxygens (including phenoxy) is 1. The van der Waals surface area contributed by atoms with Crippen LogP contribution in [0.3, 0.4) is 0 Å². The average Bonchev–Trinajstić information content (AvgIpc) is 2.22. The molecule has 0 bridgehead atoms. The van der Waals surface area contributed by atoms with Crippen LogP contribution in [-0.4, -0.2) is 40.7 Å². The van der Waals surface area contributed by atoms with Gasteiger partial charge in [0.15, 0.2) is 0 Å². The molecule has 1 aliphatic rings. The lowest BCUT2D eigenvalue weighted by Crippen LogP contribution is -2.40. The molecule has 1 atom stereocenters. The molecule has 0 saturated carbocycles. The molecule has 1 aromatic rings. The van der Waals surface area contributed by atoms with Crippen LogP contribution in [-0.2, 0) is 11.3 Å². The van der Waals surface area contributed by atoms with Crippen LogP contribution in [0.4, 0.5) is 0 Å². The molecule has 0 aromatic carbocycles. The highest BCUT2D eigenvalue weighted by atomic mass is 35.5. The zero-order valence-corrected chi connectivity index (χ0v) is 10.5. The molecule has 0 N–H and O–H groups in total. The van der Waals surface area contributed by atoms with Crippen LogP contribution in [0.5, 0.6) is 0 Å². The Morgan fingerprint density at radius 3 is 3.06 bits per heavy atom. The van der Waals surface area contributed by atoms with Crippen LogP contribution >= 0.6 is 23.2 Å². The fraction of sp³-hybridized carbons (Fsp3) is 0.600. The predicted octanol–water partition coefficient (Wildman–Crippen LogP) is 2.00. The molecule has 1 saturated heterocycles. The Kier molecular flexibility index (Phi) is 3.97. The van der Waals surface area contributed by atoms with Crippen LogP contribution in [0.2, 0.25) is 10.4 Å². The topological polar surface area (TPSA) is 38.2 Å². The Morgan fingerprint density at radius 2 is 2.38 bits per heavy atom. The largest absolute Gasteiger partial charge is 0.376 e. The molecule has 2 heterocycles. The molecule has 0 spiro atoms. The fourth-order valence-electron chi connectivity index (χ4n) is 1.75. The summed E-state index contributed by atoms with van der Waals surface area (Å²) >= 11 is 11.6. The van der Waals surface area contributed by atoms with E-state index in [4.69, 9.17) is 27.9 Å². The number of nitrogens with zero attached hydrogens (tertiary/aromatic N) is 3. The van der Waals surface area contributed by atoms with Crippen molar-refractivity contribution in [2.24, 2.45) is 0 Å². The van der Waals surface area contributed by atoms with E-state index in [1.807, 2.05) is 0 Å². The SMILES string of the molecule is C[C@H]1CN(Cc2cnc(Cl)nc2Cl)CCO1. The minimum atomic E-state index is 0.184. The van der Waals surface area contributed by atoms with Gasteiger partial charge in [-0.05, 0) is 18.5 Å². The van der Waals surface area contributed by atoms with Gasteiger partial charge in [0.1, 0.15) is 5.15 Å².